The summed E-state index contributed by atoms with van der Waals surface area (Å²) in [5.41, 5.74) is 12.8. The number of unbranched alkanes of at least 4 members (excludes halogenated alkanes) is 2. The molecule has 1 aromatic heterocycles. The van der Waals surface area contributed by atoms with E-state index in [0.29, 0.717) is 6.04 Å². The fourth-order valence-corrected chi connectivity index (χ4v) is 5.49. The highest BCUT2D eigenvalue weighted by Crippen LogP contribution is 2.39. The van der Waals surface area contributed by atoms with Crippen LogP contribution in [0.5, 0.6) is 0 Å². The quantitative estimate of drug-likeness (QED) is 0.441. The predicted molar refractivity (Wildman–Crippen MR) is 136 cm³/mol. The van der Waals surface area contributed by atoms with Crippen molar-refractivity contribution in [3.05, 3.63) is 46.8 Å². The molecule has 0 saturated heterocycles. The minimum atomic E-state index is -0.293. The molecule has 3 heteroatoms. The van der Waals surface area contributed by atoms with Crippen LogP contribution < -0.4 is 5.73 Å². The number of hydrogen-bond donors (Lipinski definition) is 1. The van der Waals surface area contributed by atoms with E-state index in [4.69, 9.17) is 5.73 Å². The number of carbonyl (C=O) groups excluding carboxylic acids is 1. The van der Waals surface area contributed by atoms with Gasteiger partial charge in [0.25, 0.3) is 5.91 Å². The number of nitrogens with two attached hydrogens (primary N) is 1. The number of aromatic nitrogens is 1. The van der Waals surface area contributed by atoms with Crippen molar-refractivity contribution in [3.63, 3.8) is 0 Å². The van der Waals surface area contributed by atoms with Gasteiger partial charge in [-0.05, 0) is 49.1 Å². The predicted octanol–water partition coefficient (Wildman–Crippen LogP) is 7.88. The normalized spacial score (nSPS) is 16.0. The van der Waals surface area contributed by atoms with Gasteiger partial charge in [-0.15, -0.1) is 0 Å². The van der Waals surface area contributed by atoms with Crippen LogP contribution >= 0.6 is 0 Å². The molecule has 0 spiro atoms. The number of benzene rings is 1. The first-order valence-electron chi connectivity index (χ1n) is 12.9. The third kappa shape index (κ3) is 5.47. The van der Waals surface area contributed by atoms with Crippen LogP contribution in [0.25, 0.3) is 11.1 Å². The minimum Gasteiger partial charge on any atom is -0.366 e. The van der Waals surface area contributed by atoms with E-state index >= 15 is 0 Å². The van der Waals surface area contributed by atoms with Gasteiger partial charge in [-0.2, -0.15) is 0 Å². The summed E-state index contributed by atoms with van der Waals surface area (Å²) in [5.74, 6) is -0.293. The smallest absolute Gasteiger partial charge is 0.251 e. The molecule has 0 aliphatic heterocycles. The molecule has 0 unspecified atom stereocenters. The second-order valence-corrected chi connectivity index (χ2v) is 10.8. The van der Waals surface area contributed by atoms with Crippen LogP contribution in [0.4, 0.5) is 0 Å². The van der Waals surface area contributed by atoms with Crippen molar-refractivity contribution >= 4 is 5.91 Å². The van der Waals surface area contributed by atoms with Crippen molar-refractivity contribution in [2.75, 3.05) is 0 Å². The van der Waals surface area contributed by atoms with E-state index in [1.807, 2.05) is 0 Å². The van der Waals surface area contributed by atoms with E-state index < -0.39 is 0 Å². The molecule has 3 rings (SSSR count). The van der Waals surface area contributed by atoms with E-state index in [-0.39, 0.29) is 11.3 Å². The van der Waals surface area contributed by atoms with Gasteiger partial charge < -0.3 is 10.3 Å². The number of hydrogen-bond acceptors (Lipinski definition) is 1. The SMILES string of the molecule is CCCCCc1c(-c2ccc(C(C)(C)C)cc2)c(C(N)=O)c(C)n1C1CCCCCCC1. The highest BCUT2D eigenvalue weighted by Gasteiger charge is 2.28. The van der Waals surface area contributed by atoms with Crippen molar-refractivity contribution in [2.45, 2.75) is 117 Å². The Hall–Kier alpha value is -2.03. The van der Waals surface area contributed by atoms with E-state index in [2.05, 4.69) is 63.5 Å². The van der Waals surface area contributed by atoms with Gasteiger partial charge >= 0.3 is 0 Å². The summed E-state index contributed by atoms with van der Waals surface area (Å²) in [6.07, 6.45) is 13.5. The summed E-state index contributed by atoms with van der Waals surface area (Å²) in [5, 5.41) is 0. The molecule has 1 aliphatic rings. The maximum atomic E-state index is 12.8. The molecule has 2 N–H and O–H groups in total. The summed E-state index contributed by atoms with van der Waals surface area (Å²) in [7, 11) is 0. The number of amides is 1. The molecule has 2 aromatic rings. The molecule has 32 heavy (non-hydrogen) atoms. The third-order valence-electron chi connectivity index (χ3n) is 7.30. The Morgan fingerprint density at radius 1 is 1.00 bits per heavy atom. The molecule has 1 heterocycles. The van der Waals surface area contributed by atoms with Crippen LogP contribution in [-0.2, 0) is 11.8 Å². The highest BCUT2D eigenvalue weighted by atomic mass is 16.1. The highest BCUT2D eigenvalue weighted by molar-refractivity contribution is 6.02. The lowest BCUT2D eigenvalue weighted by Gasteiger charge is -2.26. The molecular weight excluding hydrogens is 392 g/mol. The largest absolute Gasteiger partial charge is 0.366 e. The summed E-state index contributed by atoms with van der Waals surface area (Å²) in [6, 6.07) is 9.32. The molecule has 0 atom stereocenters. The summed E-state index contributed by atoms with van der Waals surface area (Å²) in [6.45, 7) is 11.1. The molecule has 1 aliphatic carbocycles. The van der Waals surface area contributed by atoms with Gasteiger partial charge in [0.1, 0.15) is 0 Å². The maximum Gasteiger partial charge on any atom is 0.251 e. The molecular formula is C29H44N2O. The zero-order valence-electron chi connectivity index (χ0n) is 21.1. The lowest BCUT2D eigenvalue weighted by molar-refractivity contribution is 0.1000. The molecule has 176 valence electrons. The average molecular weight is 437 g/mol. The number of nitrogens with zero attached hydrogens (tertiary/aromatic N) is 1. The molecule has 3 nitrogen and oxygen atoms in total. The Bertz CT molecular complexity index is 891. The van der Waals surface area contributed by atoms with Crippen molar-refractivity contribution in [1.29, 1.82) is 0 Å². The monoisotopic (exact) mass is 436 g/mol. The zero-order chi connectivity index (χ0) is 23.3. The van der Waals surface area contributed by atoms with E-state index in [1.165, 1.54) is 69.0 Å². The minimum absolute atomic E-state index is 0.107. The number of primary amides is 1. The zero-order valence-corrected chi connectivity index (χ0v) is 21.1. The van der Waals surface area contributed by atoms with Gasteiger partial charge in [-0.1, -0.05) is 96.9 Å². The Kier molecular flexibility index (Phi) is 8.25. The lowest BCUT2D eigenvalue weighted by atomic mass is 9.85. The fourth-order valence-electron chi connectivity index (χ4n) is 5.49. The van der Waals surface area contributed by atoms with Crippen molar-refractivity contribution < 1.29 is 4.79 Å². The molecule has 1 fully saturated rings. The van der Waals surface area contributed by atoms with Gasteiger partial charge in [0.05, 0.1) is 5.56 Å². The summed E-state index contributed by atoms with van der Waals surface area (Å²) < 4.78 is 2.54. The van der Waals surface area contributed by atoms with Crippen LogP contribution in [0, 0.1) is 6.92 Å². The standard InChI is InChI=1S/C29H44N2O/c1-6-7-11-16-25-27(22-17-19-23(20-18-22)29(3,4)5)26(28(30)32)21(2)31(25)24-14-12-9-8-10-13-15-24/h17-20,24H,6-16H2,1-5H3,(H2,30,32). The van der Waals surface area contributed by atoms with Crippen LogP contribution in [-0.4, -0.2) is 10.5 Å². The molecule has 1 amide bonds. The van der Waals surface area contributed by atoms with E-state index in [1.54, 1.807) is 0 Å². The number of rotatable bonds is 7. The van der Waals surface area contributed by atoms with Gasteiger partial charge in [-0.3, -0.25) is 4.79 Å². The average Bonchev–Trinajstić information content (AvgIpc) is 3.00. The van der Waals surface area contributed by atoms with E-state index in [9.17, 15) is 4.79 Å². The number of carbonyl (C=O) groups is 1. The summed E-state index contributed by atoms with van der Waals surface area (Å²) >= 11 is 0. The fraction of sp³-hybridized carbons (Fsp3) is 0.621. The van der Waals surface area contributed by atoms with Crippen LogP contribution in [0.2, 0.25) is 0 Å². The topological polar surface area (TPSA) is 48.0 Å². The second kappa shape index (κ2) is 10.7. The Labute approximate surface area is 195 Å². The van der Waals surface area contributed by atoms with Gasteiger partial charge in [-0.25, -0.2) is 0 Å². The Morgan fingerprint density at radius 3 is 2.12 bits per heavy atom. The van der Waals surface area contributed by atoms with Crippen molar-refractivity contribution in [2.24, 2.45) is 5.73 Å². The van der Waals surface area contributed by atoms with Crippen LogP contribution in [0.1, 0.15) is 125 Å². The molecule has 0 bridgehead atoms. The Morgan fingerprint density at radius 2 is 1.59 bits per heavy atom. The lowest BCUT2D eigenvalue weighted by Crippen LogP contribution is -2.17. The first kappa shape index (κ1) is 24.6. The Balaban J connectivity index is 2.16. The third-order valence-corrected chi connectivity index (χ3v) is 7.30. The van der Waals surface area contributed by atoms with E-state index in [0.717, 1.165) is 35.2 Å². The van der Waals surface area contributed by atoms with Gasteiger partial charge in [0, 0.05) is 23.0 Å². The first-order chi connectivity index (χ1) is 15.3. The molecule has 1 aromatic carbocycles. The van der Waals surface area contributed by atoms with Gasteiger partial charge in [0.2, 0.25) is 0 Å². The van der Waals surface area contributed by atoms with Crippen LogP contribution in [0.3, 0.4) is 0 Å². The molecule has 1 saturated carbocycles. The van der Waals surface area contributed by atoms with Crippen LogP contribution in [0.15, 0.2) is 24.3 Å². The maximum absolute atomic E-state index is 12.8. The molecule has 0 radical (unpaired) electrons. The van der Waals surface area contributed by atoms with Crippen molar-refractivity contribution in [1.82, 2.24) is 4.57 Å². The summed E-state index contributed by atoms with van der Waals surface area (Å²) in [4.78, 5) is 12.8. The van der Waals surface area contributed by atoms with Gasteiger partial charge in [0.15, 0.2) is 0 Å². The van der Waals surface area contributed by atoms with Crippen molar-refractivity contribution in [3.8, 4) is 11.1 Å². The second-order valence-electron chi connectivity index (χ2n) is 10.8. The first-order valence-corrected chi connectivity index (χ1v) is 12.9.